The van der Waals surface area contributed by atoms with Gasteiger partial charge in [0.2, 0.25) is 15.9 Å². The number of sulfonamides is 1. The van der Waals surface area contributed by atoms with E-state index in [-0.39, 0.29) is 10.8 Å². The van der Waals surface area contributed by atoms with Gasteiger partial charge in [-0.25, -0.2) is 13.4 Å². The lowest BCUT2D eigenvalue weighted by Gasteiger charge is -2.26. The van der Waals surface area contributed by atoms with Crippen molar-refractivity contribution in [1.29, 1.82) is 0 Å². The fourth-order valence-corrected chi connectivity index (χ4v) is 4.23. The van der Waals surface area contributed by atoms with Gasteiger partial charge in [0.05, 0.1) is 18.1 Å². The number of carbonyl (C=O) groups is 1. The van der Waals surface area contributed by atoms with Gasteiger partial charge in [0.1, 0.15) is 0 Å². The van der Waals surface area contributed by atoms with E-state index >= 15 is 0 Å². The van der Waals surface area contributed by atoms with Crippen LogP contribution in [0.5, 0.6) is 0 Å². The number of amides is 1. The number of hydrogen-bond donors (Lipinski definition) is 1. The third-order valence-electron chi connectivity index (χ3n) is 3.58. The van der Waals surface area contributed by atoms with E-state index in [4.69, 9.17) is 4.74 Å². The van der Waals surface area contributed by atoms with E-state index in [1.165, 1.54) is 21.7 Å². The second-order valence-electron chi connectivity index (χ2n) is 5.25. The highest BCUT2D eigenvalue weighted by Gasteiger charge is 2.25. The van der Waals surface area contributed by atoms with Gasteiger partial charge in [-0.15, -0.1) is 11.3 Å². The summed E-state index contributed by atoms with van der Waals surface area (Å²) in [6.07, 6.45) is 4.61. The van der Waals surface area contributed by atoms with E-state index in [9.17, 15) is 13.2 Å². The van der Waals surface area contributed by atoms with Crippen LogP contribution in [0, 0.1) is 0 Å². The number of rotatable bonds is 5. The van der Waals surface area contributed by atoms with E-state index in [1.807, 2.05) is 0 Å². The number of nitrogens with one attached hydrogen (secondary N) is 1. The SMILES string of the molecule is O=C(/C=C/c1ccc(S(=O)(=O)N2CCOCC2)cc1)Nc1nccs1. The third-order valence-corrected chi connectivity index (χ3v) is 6.18. The summed E-state index contributed by atoms with van der Waals surface area (Å²) in [5, 5.41) is 4.94. The van der Waals surface area contributed by atoms with Crippen molar-refractivity contribution in [1.82, 2.24) is 9.29 Å². The van der Waals surface area contributed by atoms with Gasteiger partial charge in [0, 0.05) is 30.7 Å². The van der Waals surface area contributed by atoms with Gasteiger partial charge < -0.3 is 4.74 Å². The molecule has 0 saturated carbocycles. The Balaban J connectivity index is 1.65. The molecule has 1 aliphatic heterocycles. The molecule has 0 atom stereocenters. The van der Waals surface area contributed by atoms with E-state index in [0.717, 1.165) is 5.56 Å². The molecular formula is C16H17N3O4S2. The Bertz CT molecular complexity index is 840. The minimum Gasteiger partial charge on any atom is -0.379 e. The van der Waals surface area contributed by atoms with Gasteiger partial charge in [0.15, 0.2) is 5.13 Å². The summed E-state index contributed by atoms with van der Waals surface area (Å²) < 4.78 is 31.7. The number of ether oxygens (including phenoxy) is 1. The van der Waals surface area contributed by atoms with Crippen LogP contribution in [0.1, 0.15) is 5.56 Å². The fraction of sp³-hybridized carbons (Fsp3) is 0.250. The number of thiazole rings is 1. The van der Waals surface area contributed by atoms with Crippen LogP contribution >= 0.6 is 11.3 Å². The number of carbonyl (C=O) groups excluding carboxylic acids is 1. The lowest BCUT2D eigenvalue weighted by molar-refractivity contribution is -0.111. The average Bonchev–Trinajstić information content (AvgIpc) is 3.14. The summed E-state index contributed by atoms with van der Waals surface area (Å²) >= 11 is 1.33. The molecule has 7 nitrogen and oxygen atoms in total. The zero-order valence-corrected chi connectivity index (χ0v) is 14.9. The Kier molecular flexibility index (Phi) is 5.59. The summed E-state index contributed by atoms with van der Waals surface area (Å²) in [5.74, 6) is -0.292. The Morgan fingerprint density at radius 2 is 1.96 bits per heavy atom. The number of benzene rings is 1. The molecule has 1 aromatic heterocycles. The smallest absolute Gasteiger partial charge is 0.250 e. The van der Waals surface area contributed by atoms with Crippen molar-refractivity contribution in [3.05, 3.63) is 47.5 Å². The second-order valence-corrected chi connectivity index (χ2v) is 8.08. The largest absolute Gasteiger partial charge is 0.379 e. The van der Waals surface area contributed by atoms with Gasteiger partial charge in [-0.2, -0.15) is 4.31 Å². The highest BCUT2D eigenvalue weighted by molar-refractivity contribution is 7.89. The summed E-state index contributed by atoms with van der Waals surface area (Å²) in [6, 6.07) is 6.42. The van der Waals surface area contributed by atoms with E-state index < -0.39 is 10.0 Å². The highest BCUT2D eigenvalue weighted by Crippen LogP contribution is 2.18. The first-order chi connectivity index (χ1) is 12.1. The van der Waals surface area contributed by atoms with Gasteiger partial charge in [0.25, 0.3) is 0 Å². The zero-order chi connectivity index (χ0) is 17.7. The Hall–Kier alpha value is -2.07. The molecule has 0 unspecified atom stereocenters. The third kappa shape index (κ3) is 4.51. The first kappa shape index (κ1) is 17.7. The summed E-state index contributed by atoms with van der Waals surface area (Å²) in [5.41, 5.74) is 0.732. The summed E-state index contributed by atoms with van der Waals surface area (Å²) in [4.78, 5) is 16.0. The van der Waals surface area contributed by atoms with Crippen molar-refractivity contribution in [3.8, 4) is 0 Å². The zero-order valence-electron chi connectivity index (χ0n) is 13.3. The maximum atomic E-state index is 12.5. The molecule has 1 amide bonds. The van der Waals surface area contributed by atoms with Crippen LogP contribution in [-0.4, -0.2) is 49.9 Å². The lowest BCUT2D eigenvalue weighted by Crippen LogP contribution is -2.40. The maximum Gasteiger partial charge on any atom is 0.250 e. The molecule has 0 radical (unpaired) electrons. The molecular weight excluding hydrogens is 362 g/mol. The monoisotopic (exact) mass is 379 g/mol. The van der Waals surface area contributed by atoms with Crippen molar-refractivity contribution in [2.24, 2.45) is 0 Å². The molecule has 0 bridgehead atoms. The Morgan fingerprint density at radius 3 is 2.60 bits per heavy atom. The van der Waals surface area contributed by atoms with Gasteiger partial charge >= 0.3 is 0 Å². The topological polar surface area (TPSA) is 88.6 Å². The quantitative estimate of drug-likeness (QED) is 0.801. The standard InChI is InChI=1S/C16H17N3O4S2/c20-15(18-16-17-7-12-24-16)6-3-13-1-4-14(5-2-13)25(21,22)19-8-10-23-11-9-19/h1-7,12H,8-11H2,(H,17,18,20)/b6-3+. The van der Waals surface area contributed by atoms with Crippen LogP contribution in [0.3, 0.4) is 0 Å². The molecule has 1 N–H and O–H groups in total. The minimum absolute atomic E-state index is 0.235. The van der Waals surface area contributed by atoms with Crippen LogP contribution in [0.2, 0.25) is 0 Å². The number of nitrogens with zero attached hydrogens (tertiary/aromatic N) is 2. The number of hydrogen-bond acceptors (Lipinski definition) is 6. The normalized spacial score (nSPS) is 16.2. The van der Waals surface area contributed by atoms with Crippen LogP contribution in [0.15, 0.2) is 46.8 Å². The van der Waals surface area contributed by atoms with E-state index in [2.05, 4.69) is 10.3 Å². The van der Waals surface area contributed by atoms with Gasteiger partial charge in [-0.05, 0) is 23.8 Å². The lowest BCUT2D eigenvalue weighted by atomic mass is 10.2. The maximum absolute atomic E-state index is 12.5. The molecule has 9 heteroatoms. The molecule has 0 spiro atoms. The van der Waals surface area contributed by atoms with Gasteiger partial charge in [-0.1, -0.05) is 12.1 Å². The van der Waals surface area contributed by atoms with Crippen molar-refractivity contribution in [2.45, 2.75) is 4.90 Å². The van der Waals surface area contributed by atoms with Crippen molar-refractivity contribution in [2.75, 3.05) is 31.6 Å². The Morgan fingerprint density at radius 1 is 1.24 bits per heavy atom. The first-order valence-electron chi connectivity index (χ1n) is 7.62. The molecule has 1 aliphatic rings. The molecule has 132 valence electrons. The average molecular weight is 379 g/mol. The predicted octanol–water partition coefficient (Wildman–Crippen LogP) is 1.82. The number of anilines is 1. The molecule has 1 aromatic carbocycles. The van der Waals surface area contributed by atoms with Crippen LogP contribution in [0.4, 0.5) is 5.13 Å². The van der Waals surface area contributed by atoms with Crippen LogP contribution < -0.4 is 5.32 Å². The molecule has 2 heterocycles. The second kappa shape index (κ2) is 7.87. The molecule has 1 saturated heterocycles. The van der Waals surface area contributed by atoms with Crippen molar-refractivity contribution >= 4 is 38.5 Å². The molecule has 3 rings (SSSR count). The Labute approximate surface area is 150 Å². The van der Waals surface area contributed by atoms with Crippen LogP contribution in [0.25, 0.3) is 6.08 Å². The summed E-state index contributed by atoms with van der Waals surface area (Å²) in [7, 11) is -3.50. The van der Waals surface area contributed by atoms with Crippen molar-refractivity contribution in [3.63, 3.8) is 0 Å². The van der Waals surface area contributed by atoms with E-state index in [1.54, 1.807) is 41.9 Å². The fourth-order valence-electron chi connectivity index (χ4n) is 2.29. The number of aromatic nitrogens is 1. The van der Waals surface area contributed by atoms with Crippen molar-refractivity contribution < 1.29 is 17.9 Å². The van der Waals surface area contributed by atoms with Gasteiger partial charge in [-0.3, -0.25) is 10.1 Å². The number of morpholine rings is 1. The van der Waals surface area contributed by atoms with E-state index in [0.29, 0.717) is 31.4 Å². The minimum atomic E-state index is -3.50. The van der Waals surface area contributed by atoms with Crippen LogP contribution in [-0.2, 0) is 19.6 Å². The predicted molar refractivity (Wildman–Crippen MR) is 95.8 cm³/mol. The highest BCUT2D eigenvalue weighted by atomic mass is 32.2. The summed E-state index contributed by atoms with van der Waals surface area (Å²) in [6.45, 7) is 1.55. The molecule has 25 heavy (non-hydrogen) atoms. The molecule has 0 aliphatic carbocycles. The molecule has 1 fully saturated rings. The molecule has 2 aromatic rings. The first-order valence-corrected chi connectivity index (χ1v) is 9.94.